The summed E-state index contributed by atoms with van der Waals surface area (Å²) >= 11 is 0. The first-order valence-corrected chi connectivity index (χ1v) is 13.6. The van der Waals surface area contributed by atoms with E-state index >= 15 is 0 Å². The van der Waals surface area contributed by atoms with Crippen LogP contribution in [-0.4, -0.2) is 56.6 Å². The predicted octanol–water partition coefficient (Wildman–Crippen LogP) is 3.53. The van der Waals surface area contributed by atoms with Gasteiger partial charge in [-0.05, 0) is 50.8 Å². The van der Waals surface area contributed by atoms with Gasteiger partial charge in [0.15, 0.2) is 0 Å². The average molecular weight is 488 g/mol. The van der Waals surface area contributed by atoms with Crippen LogP contribution >= 0.6 is 0 Å². The topological polar surface area (TPSA) is 86.8 Å². The monoisotopic (exact) mass is 487 g/mol. The molecule has 0 fully saturated rings. The van der Waals surface area contributed by atoms with Gasteiger partial charge in [0.25, 0.3) is 0 Å². The van der Waals surface area contributed by atoms with Crippen molar-refractivity contribution in [1.82, 2.24) is 10.2 Å². The van der Waals surface area contributed by atoms with Crippen LogP contribution in [0.3, 0.4) is 0 Å². The standard InChI is InChI=1S/C26H37N3O4S/c1-6-21(4)27-26(31)24(7-2)28(18-17-22-11-9-8-10-12-22)25(30)19-29(34(5,32)33)23-15-13-20(3)14-16-23/h8-16,21,24H,6-7,17-19H2,1-5H3,(H,27,31)/t21-,24-/m1/s1. The number of hydrogen-bond donors (Lipinski definition) is 1. The molecule has 2 amide bonds. The lowest BCUT2D eigenvalue weighted by Gasteiger charge is -2.33. The van der Waals surface area contributed by atoms with Gasteiger partial charge in [-0.3, -0.25) is 13.9 Å². The number of nitrogens with one attached hydrogen (secondary N) is 1. The van der Waals surface area contributed by atoms with Gasteiger partial charge < -0.3 is 10.2 Å². The Labute approximate surface area is 204 Å². The summed E-state index contributed by atoms with van der Waals surface area (Å²) < 4.78 is 26.3. The van der Waals surface area contributed by atoms with Crippen LogP contribution in [0.2, 0.25) is 0 Å². The maximum atomic E-state index is 13.6. The maximum absolute atomic E-state index is 13.6. The molecule has 2 atom stereocenters. The third kappa shape index (κ3) is 7.87. The van der Waals surface area contributed by atoms with E-state index in [1.807, 2.05) is 58.0 Å². The van der Waals surface area contributed by atoms with E-state index in [-0.39, 0.29) is 18.5 Å². The molecule has 0 spiro atoms. The molecular formula is C26H37N3O4S. The molecule has 0 saturated carbocycles. The molecule has 2 rings (SSSR count). The SMILES string of the molecule is CC[C@@H](C)NC(=O)[C@@H](CC)N(CCc1ccccc1)C(=O)CN(c1ccc(C)cc1)S(C)(=O)=O. The Morgan fingerprint density at radius 3 is 2.12 bits per heavy atom. The van der Waals surface area contributed by atoms with Crippen molar-refractivity contribution in [2.75, 3.05) is 23.7 Å². The highest BCUT2D eigenvalue weighted by molar-refractivity contribution is 7.92. The van der Waals surface area contributed by atoms with E-state index in [9.17, 15) is 18.0 Å². The normalized spacial score (nSPS) is 13.1. The number of rotatable bonds is 12. The lowest BCUT2D eigenvalue weighted by Crippen LogP contribution is -2.54. The highest BCUT2D eigenvalue weighted by Crippen LogP contribution is 2.19. The summed E-state index contributed by atoms with van der Waals surface area (Å²) in [7, 11) is -3.72. The summed E-state index contributed by atoms with van der Waals surface area (Å²) in [5.41, 5.74) is 2.44. The van der Waals surface area contributed by atoms with Crippen molar-refractivity contribution in [3.8, 4) is 0 Å². The minimum Gasteiger partial charge on any atom is -0.352 e. The van der Waals surface area contributed by atoms with Gasteiger partial charge >= 0.3 is 0 Å². The van der Waals surface area contributed by atoms with Crippen molar-refractivity contribution in [2.24, 2.45) is 0 Å². The fourth-order valence-corrected chi connectivity index (χ4v) is 4.51. The fraction of sp³-hybridized carbons (Fsp3) is 0.462. The van der Waals surface area contributed by atoms with Crippen LogP contribution in [0.25, 0.3) is 0 Å². The first kappa shape index (κ1) is 27.4. The quantitative estimate of drug-likeness (QED) is 0.496. The zero-order valence-electron chi connectivity index (χ0n) is 20.8. The molecule has 0 saturated heterocycles. The number of hydrogen-bond acceptors (Lipinski definition) is 4. The number of carbonyl (C=O) groups excluding carboxylic acids is 2. The molecule has 0 aliphatic heterocycles. The Kier molecular flexibility index (Phi) is 10.1. The molecule has 0 aliphatic carbocycles. The lowest BCUT2D eigenvalue weighted by molar-refractivity contribution is -0.139. The minimum atomic E-state index is -3.72. The molecule has 7 nitrogen and oxygen atoms in total. The van der Waals surface area contributed by atoms with Gasteiger partial charge in [0, 0.05) is 12.6 Å². The van der Waals surface area contributed by atoms with Crippen molar-refractivity contribution in [3.05, 3.63) is 65.7 Å². The van der Waals surface area contributed by atoms with Crippen LogP contribution in [0.15, 0.2) is 54.6 Å². The van der Waals surface area contributed by atoms with Crippen LogP contribution in [0.5, 0.6) is 0 Å². The second-order valence-electron chi connectivity index (χ2n) is 8.67. The molecule has 2 aromatic rings. The van der Waals surface area contributed by atoms with E-state index in [1.54, 1.807) is 24.3 Å². The summed E-state index contributed by atoms with van der Waals surface area (Å²) in [6.07, 6.45) is 2.84. The summed E-state index contributed by atoms with van der Waals surface area (Å²) in [5, 5.41) is 2.97. The Morgan fingerprint density at radius 1 is 0.971 bits per heavy atom. The van der Waals surface area contributed by atoms with E-state index in [2.05, 4.69) is 5.32 Å². The highest BCUT2D eigenvalue weighted by atomic mass is 32.2. The number of benzene rings is 2. The average Bonchev–Trinajstić information content (AvgIpc) is 2.80. The molecule has 34 heavy (non-hydrogen) atoms. The number of nitrogens with zero attached hydrogens (tertiary/aromatic N) is 2. The third-order valence-electron chi connectivity index (χ3n) is 5.87. The molecule has 186 valence electrons. The number of amides is 2. The molecule has 1 N–H and O–H groups in total. The highest BCUT2D eigenvalue weighted by Gasteiger charge is 2.31. The molecule has 0 bridgehead atoms. The summed E-state index contributed by atoms with van der Waals surface area (Å²) in [6, 6.07) is 16.0. The van der Waals surface area contributed by atoms with Crippen molar-refractivity contribution in [3.63, 3.8) is 0 Å². The smallest absolute Gasteiger partial charge is 0.244 e. The second kappa shape index (κ2) is 12.6. The molecule has 8 heteroatoms. The Balaban J connectivity index is 2.34. The molecule has 0 unspecified atom stereocenters. The lowest BCUT2D eigenvalue weighted by atomic mass is 10.1. The van der Waals surface area contributed by atoms with Gasteiger partial charge in [-0.25, -0.2) is 8.42 Å². The van der Waals surface area contributed by atoms with Crippen molar-refractivity contribution < 1.29 is 18.0 Å². The van der Waals surface area contributed by atoms with E-state index in [0.717, 1.165) is 28.1 Å². The van der Waals surface area contributed by atoms with Crippen LogP contribution in [0.4, 0.5) is 5.69 Å². The molecule has 0 aromatic heterocycles. The first-order valence-electron chi connectivity index (χ1n) is 11.7. The molecule has 0 aliphatic rings. The van der Waals surface area contributed by atoms with Crippen LogP contribution in [-0.2, 0) is 26.0 Å². The molecular weight excluding hydrogens is 450 g/mol. The number of carbonyl (C=O) groups is 2. The predicted molar refractivity (Wildman–Crippen MR) is 137 cm³/mol. The van der Waals surface area contributed by atoms with Gasteiger partial charge in [-0.1, -0.05) is 61.9 Å². The second-order valence-corrected chi connectivity index (χ2v) is 10.6. The van der Waals surface area contributed by atoms with Gasteiger partial charge in [0.05, 0.1) is 11.9 Å². The van der Waals surface area contributed by atoms with Crippen molar-refractivity contribution >= 4 is 27.5 Å². The van der Waals surface area contributed by atoms with Gasteiger partial charge in [0.2, 0.25) is 21.8 Å². The van der Waals surface area contributed by atoms with Gasteiger partial charge in [-0.2, -0.15) is 0 Å². The van der Waals surface area contributed by atoms with Gasteiger partial charge in [-0.15, -0.1) is 0 Å². The van der Waals surface area contributed by atoms with E-state index in [1.165, 1.54) is 4.90 Å². The van der Waals surface area contributed by atoms with Crippen LogP contribution < -0.4 is 9.62 Å². The maximum Gasteiger partial charge on any atom is 0.244 e. The van der Waals surface area contributed by atoms with E-state index in [0.29, 0.717) is 25.1 Å². The number of sulfonamides is 1. The van der Waals surface area contributed by atoms with E-state index in [4.69, 9.17) is 0 Å². The summed E-state index contributed by atoms with van der Waals surface area (Å²) in [6.45, 7) is 7.61. The fourth-order valence-electron chi connectivity index (χ4n) is 3.66. The first-order chi connectivity index (χ1) is 16.1. The van der Waals surface area contributed by atoms with Crippen molar-refractivity contribution in [1.29, 1.82) is 0 Å². The zero-order valence-corrected chi connectivity index (χ0v) is 21.6. The summed E-state index contributed by atoms with van der Waals surface area (Å²) in [5.74, 6) is -0.632. The Hall–Kier alpha value is -2.87. The van der Waals surface area contributed by atoms with Crippen LogP contribution in [0, 0.1) is 6.92 Å². The molecule has 0 heterocycles. The number of aryl methyl sites for hydroxylation is 1. The minimum absolute atomic E-state index is 0.0206. The molecule has 2 aromatic carbocycles. The van der Waals surface area contributed by atoms with Crippen LogP contribution in [0.1, 0.15) is 44.7 Å². The Morgan fingerprint density at radius 2 is 1.59 bits per heavy atom. The van der Waals surface area contributed by atoms with E-state index < -0.39 is 22.0 Å². The zero-order chi connectivity index (χ0) is 25.3. The largest absolute Gasteiger partial charge is 0.352 e. The third-order valence-corrected chi connectivity index (χ3v) is 7.01. The Bertz CT molecular complexity index is 1040. The molecule has 0 radical (unpaired) electrons. The van der Waals surface area contributed by atoms with Gasteiger partial charge in [0.1, 0.15) is 12.6 Å². The van der Waals surface area contributed by atoms with Crippen molar-refractivity contribution in [2.45, 2.75) is 59.0 Å². The summed E-state index contributed by atoms with van der Waals surface area (Å²) in [4.78, 5) is 28.1. The number of anilines is 1.